The summed E-state index contributed by atoms with van der Waals surface area (Å²) in [5.74, 6) is 1.73. The Balaban J connectivity index is 2.29. The lowest BCUT2D eigenvalue weighted by molar-refractivity contribution is 0.427. The van der Waals surface area contributed by atoms with E-state index in [-0.39, 0.29) is 0 Å². The lowest BCUT2D eigenvalue weighted by Gasteiger charge is -2.07. The van der Waals surface area contributed by atoms with E-state index < -0.39 is 0 Å². The minimum Gasteiger partial charge on any atom is -0.462 e. The van der Waals surface area contributed by atoms with Crippen molar-refractivity contribution in [2.24, 2.45) is 0 Å². The largest absolute Gasteiger partial charge is 0.462 e. The van der Waals surface area contributed by atoms with E-state index >= 15 is 0 Å². The average Bonchev–Trinajstić information content (AvgIpc) is 2.40. The summed E-state index contributed by atoms with van der Waals surface area (Å²) in [5.41, 5.74) is 2.02. The molecule has 0 amide bonds. The molecule has 86 valence electrons. The summed E-state index contributed by atoms with van der Waals surface area (Å²) >= 11 is 0. The van der Waals surface area contributed by atoms with Crippen molar-refractivity contribution >= 4 is 0 Å². The van der Waals surface area contributed by atoms with Crippen LogP contribution in [0.15, 0.2) is 60.5 Å². The van der Waals surface area contributed by atoms with Crippen LogP contribution >= 0.6 is 0 Å². The van der Waals surface area contributed by atoms with Gasteiger partial charge in [-0.2, -0.15) is 0 Å². The Hall–Kier alpha value is -2.09. The Kier molecular flexibility index (Phi) is 3.55. The molecule has 0 spiro atoms. The summed E-state index contributed by atoms with van der Waals surface area (Å²) in [6, 6.07) is 13.8. The Labute approximate surface area is 102 Å². The molecular formula is C15H15NO. The number of benzene rings is 1. The van der Waals surface area contributed by atoms with Crippen LogP contribution in [0, 0.1) is 0 Å². The number of aromatic nitrogens is 1. The first kappa shape index (κ1) is 11.4. The summed E-state index contributed by atoms with van der Waals surface area (Å²) < 4.78 is 5.66. The average molecular weight is 225 g/mol. The minimum atomic E-state index is 0.837. The lowest BCUT2D eigenvalue weighted by atomic mass is 10.1. The maximum absolute atomic E-state index is 5.66. The van der Waals surface area contributed by atoms with Crippen LogP contribution in [0.4, 0.5) is 0 Å². The number of hydrogen-bond donors (Lipinski definition) is 0. The molecule has 2 aromatic rings. The number of allylic oxidation sites excluding steroid dienone is 2. The zero-order valence-corrected chi connectivity index (χ0v) is 10.1. The molecule has 0 aliphatic heterocycles. The van der Waals surface area contributed by atoms with Crippen molar-refractivity contribution in [3.05, 3.63) is 60.5 Å². The predicted molar refractivity (Wildman–Crippen MR) is 69.7 cm³/mol. The third kappa shape index (κ3) is 2.94. The van der Waals surface area contributed by atoms with Crippen LogP contribution in [0.1, 0.15) is 13.8 Å². The van der Waals surface area contributed by atoms with E-state index in [0.29, 0.717) is 0 Å². The molecule has 0 N–H and O–H groups in total. The van der Waals surface area contributed by atoms with E-state index in [1.165, 1.54) is 0 Å². The molecule has 0 aliphatic rings. The third-order valence-electron chi connectivity index (χ3n) is 2.48. The molecule has 1 aromatic carbocycles. The normalized spacial score (nSPS) is 11.3. The number of hydrogen-bond acceptors (Lipinski definition) is 2. The van der Waals surface area contributed by atoms with Crippen molar-refractivity contribution in [2.75, 3.05) is 0 Å². The van der Waals surface area contributed by atoms with Gasteiger partial charge < -0.3 is 4.74 Å². The molecule has 2 heteroatoms. The van der Waals surface area contributed by atoms with E-state index in [1.54, 1.807) is 6.20 Å². The topological polar surface area (TPSA) is 22.1 Å². The highest BCUT2D eigenvalue weighted by atomic mass is 16.5. The number of pyridine rings is 1. The van der Waals surface area contributed by atoms with Gasteiger partial charge in [0.2, 0.25) is 0 Å². The quantitative estimate of drug-likeness (QED) is 0.735. The molecule has 1 heterocycles. The third-order valence-corrected chi connectivity index (χ3v) is 2.48. The summed E-state index contributed by atoms with van der Waals surface area (Å²) in [6.45, 7) is 3.89. The van der Waals surface area contributed by atoms with Gasteiger partial charge in [-0.15, -0.1) is 0 Å². The van der Waals surface area contributed by atoms with Crippen LogP contribution in [0.3, 0.4) is 0 Å². The molecular weight excluding hydrogens is 210 g/mol. The Morgan fingerprint density at radius 3 is 2.76 bits per heavy atom. The molecule has 2 rings (SSSR count). The summed E-state index contributed by atoms with van der Waals surface area (Å²) in [5, 5.41) is 0. The number of nitrogens with zero attached hydrogens (tertiary/aromatic N) is 1. The van der Waals surface area contributed by atoms with Crippen LogP contribution in [-0.4, -0.2) is 4.98 Å². The highest BCUT2D eigenvalue weighted by molar-refractivity contribution is 5.60. The fraction of sp³-hybridized carbons (Fsp3) is 0.133. The van der Waals surface area contributed by atoms with E-state index in [4.69, 9.17) is 4.74 Å². The van der Waals surface area contributed by atoms with E-state index in [9.17, 15) is 0 Å². The fourth-order valence-corrected chi connectivity index (χ4v) is 1.50. The molecule has 0 saturated heterocycles. The van der Waals surface area contributed by atoms with Crippen molar-refractivity contribution < 1.29 is 4.74 Å². The second kappa shape index (κ2) is 5.30. The first-order valence-corrected chi connectivity index (χ1v) is 5.62. The monoisotopic (exact) mass is 225 g/mol. The fourth-order valence-electron chi connectivity index (χ4n) is 1.50. The van der Waals surface area contributed by atoms with Gasteiger partial charge >= 0.3 is 0 Å². The first-order chi connectivity index (χ1) is 8.29. The van der Waals surface area contributed by atoms with E-state index in [1.807, 2.05) is 62.4 Å². The molecule has 0 fully saturated rings. The molecule has 2 nitrogen and oxygen atoms in total. The molecule has 0 saturated carbocycles. The Morgan fingerprint density at radius 1 is 1.18 bits per heavy atom. The van der Waals surface area contributed by atoms with Gasteiger partial charge in [-0.1, -0.05) is 18.2 Å². The van der Waals surface area contributed by atoms with Crippen LogP contribution < -0.4 is 4.74 Å². The molecule has 0 radical (unpaired) electrons. The van der Waals surface area contributed by atoms with Gasteiger partial charge in [-0.05, 0) is 44.2 Å². The Bertz CT molecular complexity index is 517. The number of rotatable bonds is 3. The van der Waals surface area contributed by atoms with Gasteiger partial charge in [0, 0.05) is 11.8 Å². The molecule has 0 unspecified atom stereocenters. The molecule has 0 atom stereocenters. The van der Waals surface area contributed by atoms with Gasteiger partial charge in [-0.3, -0.25) is 4.98 Å². The van der Waals surface area contributed by atoms with Crippen LogP contribution in [0.2, 0.25) is 0 Å². The van der Waals surface area contributed by atoms with Crippen molar-refractivity contribution in [3.8, 4) is 17.0 Å². The maximum atomic E-state index is 5.66. The van der Waals surface area contributed by atoms with Gasteiger partial charge in [0.1, 0.15) is 5.75 Å². The summed E-state index contributed by atoms with van der Waals surface area (Å²) in [6.07, 6.45) is 3.73. The maximum Gasteiger partial charge on any atom is 0.127 e. The minimum absolute atomic E-state index is 0.837. The zero-order chi connectivity index (χ0) is 12.1. The summed E-state index contributed by atoms with van der Waals surface area (Å²) in [4.78, 5) is 4.32. The summed E-state index contributed by atoms with van der Waals surface area (Å²) in [7, 11) is 0. The first-order valence-electron chi connectivity index (χ1n) is 5.62. The highest BCUT2D eigenvalue weighted by Gasteiger charge is 2.00. The van der Waals surface area contributed by atoms with Crippen molar-refractivity contribution in [1.82, 2.24) is 4.98 Å². The standard InChI is InChI=1S/C15H15NO/c1-3-12(2)17-14-8-6-7-13(11-14)15-9-4-5-10-16-15/h3-11H,1-2H3/b12-3+. The van der Waals surface area contributed by atoms with Crippen molar-refractivity contribution in [3.63, 3.8) is 0 Å². The number of ether oxygens (including phenoxy) is 1. The molecule has 17 heavy (non-hydrogen) atoms. The molecule has 0 bridgehead atoms. The van der Waals surface area contributed by atoms with Crippen molar-refractivity contribution in [1.29, 1.82) is 0 Å². The second-order valence-electron chi connectivity index (χ2n) is 3.74. The molecule has 1 aromatic heterocycles. The lowest BCUT2D eigenvalue weighted by Crippen LogP contribution is -1.90. The zero-order valence-electron chi connectivity index (χ0n) is 10.1. The SMILES string of the molecule is C/C=C(\C)Oc1cccc(-c2ccccn2)c1. The van der Waals surface area contributed by atoms with Gasteiger partial charge in [0.15, 0.2) is 0 Å². The van der Waals surface area contributed by atoms with Gasteiger partial charge in [0.25, 0.3) is 0 Å². The van der Waals surface area contributed by atoms with Gasteiger partial charge in [0.05, 0.1) is 11.5 Å². The van der Waals surface area contributed by atoms with E-state index in [0.717, 1.165) is 22.8 Å². The van der Waals surface area contributed by atoms with Crippen LogP contribution in [0.5, 0.6) is 5.75 Å². The second-order valence-corrected chi connectivity index (χ2v) is 3.74. The highest BCUT2D eigenvalue weighted by Crippen LogP contribution is 2.23. The smallest absolute Gasteiger partial charge is 0.127 e. The van der Waals surface area contributed by atoms with E-state index in [2.05, 4.69) is 4.98 Å². The van der Waals surface area contributed by atoms with Crippen molar-refractivity contribution in [2.45, 2.75) is 13.8 Å². The van der Waals surface area contributed by atoms with Crippen LogP contribution in [-0.2, 0) is 0 Å². The van der Waals surface area contributed by atoms with Gasteiger partial charge in [-0.25, -0.2) is 0 Å². The Morgan fingerprint density at radius 2 is 2.06 bits per heavy atom. The van der Waals surface area contributed by atoms with Crippen LogP contribution in [0.25, 0.3) is 11.3 Å². The molecule has 0 aliphatic carbocycles. The predicted octanol–water partition coefficient (Wildman–Crippen LogP) is 4.05.